The predicted molar refractivity (Wildman–Crippen MR) is 114 cm³/mol. The van der Waals surface area contributed by atoms with E-state index in [4.69, 9.17) is 5.73 Å². The first kappa shape index (κ1) is 24.3. The molecule has 0 saturated heterocycles. The number of nitrogens with zero attached hydrogens (tertiary/aromatic N) is 1. The Hall–Kier alpha value is -0.660. The van der Waals surface area contributed by atoms with Gasteiger partial charge in [-0.15, -0.1) is 36.2 Å². The Labute approximate surface area is 173 Å². The molecule has 1 unspecified atom stereocenters. The van der Waals surface area contributed by atoms with Gasteiger partial charge in [-0.25, -0.2) is 4.98 Å². The Bertz CT molecular complexity index is 667. The summed E-state index contributed by atoms with van der Waals surface area (Å²) in [5.41, 5.74) is 7.57. The highest BCUT2D eigenvalue weighted by Gasteiger charge is 2.14. The van der Waals surface area contributed by atoms with Crippen molar-refractivity contribution in [2.75, 3.05) is 6.54 Å². The van der Waals surface area contributed by atoms with Crippen LogP contribution in [0.3, 0.4) is 0 Å². The predicted octanol–water partition coefficient (Wildman–Crippen LogP) is 4.45. The number of amides is 1. The molecule has 0 saturated carbocycles. The van der Waals surface area contributed by atoms with Crippen molar-refractivity contribution in [1.82, 2.24) is 10.3 Å². The average Bonchev–Trinajstić information content (AvgIpc) is 2.94. The van der Waals surface area contributed by atoms with E-state index in [0.717, 1.165) is 27.2 Å². The molecule has 8 heteroatoms. The van der Waals surface area contributed by atoms with E-state index in [9.17, 15) is 4.79 Å². The van der Waals surface area contributed by atoms with Crippen LogP contribution in [0.2, 0.25) is 0 Å². The number of aromatic nitrogens is 1. The third-order valence-electron chi connectivity index (χ3n) is 3.37. The van der Waals surface area contributed by atoms with Crippen LogP contribution in [-0.2, 0) is 11.2 Å². The highest BCUT2D eigenvalue weighted by molar-refractivity contribution is 9.10. The van der Waals surface area contributed by atoms with Crippen LogP contribution in [0, 0.1) is 5.92 Å². The van der Waals surface area contributed by atoms with E-state index in [1.807, 2.05) is 29.6 Å². The molecule has 1 heterocycles. The first-order valence-electron chi connectivity index (χ1n) is 7.67. The maximum absolute atomic E-state index is 12.2. The lowest BCUT2D eigenvalue weighted by Crippen LogP contribution is -2.41. The van der Waals surface area contributed by atoms with E-state index in [2.05, 4.69) is 40.1 Å². The molecule has 1 aromatic carbocycles. The third-order valence-corrected chi connectivity index (χ3v) is 4.80. The fourth-order valence-electron chi connectivity index (χ4n) is 2.37. The SMILES string of the molecule is CC(C)CC(CN)NC(=O)Cc1csc(-c2cccc(Br)c2)n1.Cl.Cl. The van der Waals surface area contributed by atoms with Gasteiger partial charge in [-0.1, -0.05) is 41.9 Å². The largest absolute Gasteiger partial charge is 0.352 e. The number of nitrogens with two attached hydrogens (primary N) is 1. The standard InChI is InChI=1S/C17H22BrN3OS.2ClH/c1-11(2)6-14(9-19)20-16(22)8-15-10-23-17(21-15)12-4-3-5-13(18)7-12;;/h3-5,7,10-11,14H,6,8-9,19H2,1-2H3,(H,20,22);2*1H. The highest BCUT2D eigenvalue weighted by Crippen LogP contribution is 2.26. The van der Waals surface area contributed by atoms with Crippen LogP contribution in [0.5, 0.6) is 0 Å². The lowest BCUT2D eigenvalue weighted by atomic mass is 10.0. The number of thiazole rings is 1. The lowest BCUT2D eigenvalue weighted by Gasteiger charge is -2.18. The second-order valence-corrected chi connectivity index (χ2v) is 7.73. The number of halogens is 3. The fourth-order valence-corrected chi connectivity index (χ4v) is 3.58. The molecule has 0 spiro atoms. The maximum atomic E-state index is 12.2. The molecule has 4 nitrogen and oxygen atoms in total. The van der Waals surface area contributed by atoms with Crippen molar-refractivity contribution in [3.63, 3.8) is 0 Å². The number of carbonyl (C=O) groups excluding carboxylic acids is 1. The molecular formula is C17H24BrCl2N3OS. The van der Waals surface area contributed by atoms with Gasteiger partial charge in [-0.2, -0.15) is 0 Å². The molecule has 2 aromatic rings. The lowest BCUT2D eigenvalue weighted by molar-refractivity contribution is -0.121. The molecule has 140 valence electrons. The average molecular weight is 469 g/mol. The molecule has 0 radical (unpaired) electrons. The molecule has 1 amide bonds. The Morgan fingerprint density at radius 2 is 2.08 bits per heavy atom. The fraction of sp³-hybridized carbons (Fsp3) is 0.412. The number of carbonyl (C=O) groups is 1. The topological polar surface area (TPSA) is 68.0 Å². The van der Waals surface area contributed by atoms with Crippen molar-refractivity contribution in [3.05, 3.63) is 39.8 Å². The Kier molecular flexibility index (Phi) is 11.5. The minimum absolute atomic E-state index is 0. The molecule has 0 aliphatic carbocycles. The zero-order valence-electron chi connectivity index (χ0n) is 14.2. The molecule has 0 aliphatic rings. The molecule has 0 bridgehead atoms. The zero-order chi connectivity index (χ0) is 16.8. The normalized spacial score (nSPS) is 11.4. The quantitative estimate of drug-likeness (QED) is 0.630. The van der Waals surface area contributed by atoms with E-state index in [0.29, 0.717) is 18.9 Å². The monoisotopic (exact) mass is 467 g/mol. The smallest absolute Gasteiger partial charge is 0.226 e. The molecule has 0 fully saturated rings. The summed E-state index contributed by atoms with van der Waals surface area (Å²) < 4.78 is 1.02. The summed E-state index contributed by atoms with van der Waals surface area (Å²) in [7, 11) is 0. The molecule has 25 heavy (non-hydrogen) atoms. The summed E-state index contributed by atoms with van der Waals surface area (Å²) in [4.78, 5) is 16.7. The van der Waals surface area contributed by atoms with Gasteiger partial charge in [-0.3, -0.25) is 4.79 Å². The van der Waals surface area contributed by atoms with Crippen molar-refractivity contribution in [1.29, 1.82) is 0 Å². The van der Waals surface area contributed by atoms with Crippen molar-refractivity contribution in [2.24, 2.45) is 11.7 Å². The Morgan fingerprint density at radius 3 is 2.68 bits per heavy atom. The van der Waals surface area contributed by atoms with Gasteiger partial charge >= 0.3 is 0 Å². The second kappa shape index (κ2) is 11.9. The molecule has 1 aromatic heterocycles. The number of nitrogens with one attached hydrogen (secondary N) is 1. The first-order valence-corrected chi connectivity index (χ1v) is 9.35. The van der Waals surface area contributed by atoms with Gasteiger partial charge in [0, 0.05) is 28.0 Å². The minimum atomic E-state index is -0.0211. The van der Waals surface area contributed by atoms with Crippen LogP contribution >= 0.6 is 52.1 Å². The number of hydrogen-bond donors (Lipinski definition) is 2. The summed E-state index contributed by atoms with van der Waals surface area (Å²) in [6, 6.07) is 8.03. The zero-order valence-corrected chi connectivity index (χ0v) is 18.2. The number of benzene rings is 1. The van der Waals surface area contributed by atoms with Crippen LogP contribution in [-0.4, -0.2) is 23.5 Å². The third kappa shape index (κ3) is 8.05. The van der Waals surface area contributed by atoms with Gasteiger partial charge in [0.2, 0.25) is 5.91 Å². The molecular weight excluding hydrogens is 445 g/mol. The Morgan fingerprint density at radius 1 is 1.36 bits per heavy atom. The second-order valence-electron chi connectivity index (χ2n) is 5.96. The van der Waals surface area contributed by atoms with Crippen molar-refractivity contribution in [3.8, 4) is 10.6 Å². The van der Waals surface area contributed by atoms with Gasteiger partial charge in [0.05, 0.1) is 12.1 Å². The maximum Gasteiger partial charge on any atom is 0.226 e. The Balaban J connectivity index is 0.00000288. The van der Waals surface area contributed by atoms with Crippen LogP contribution in [0.1, 0.15) is 26.0 Å². The van der Waals surface area contributed by atoms with Crippen molar-refractivity contribution >= 4 is 58.0 Å². The van der Waals surface area contributed by atoms with E-state index >= 15 is 0 Å². The minimum Gasteiger partial charge on any atom is -0.352 e. The molecule has 2 rings (SSSR count). The van der Waals surface area contributed by atoms with Gasteiger partial charge in [0.15, 0.2) is 0 Å². The van der Waals surface area contributed by atoms with E-state index in [-0.39, 0.29) is 36.8 Å². The van der Waals surface area contributed by atoms with Crippen molar-refractivity contribution in [2.45, 2.75) is 32.7 Å². The van der Waals surface area contributed by atoms with Gasteiger partial charge in [0.1, 0.15) is 5.01 Å². The van der Waals surface area contributed by atoms with Crippen LogP contribution in [0.25, 0.3) is 10.6 Å². The van der Waals surface area contributed by atoms with E-state index < -0.39 is 0 Å². The molecule has 1 atom stereocenters. The molecule has 3 N–H and O–H groups in total. The van der Waals surface area contributed by atoms with E-state index in [1.54, 1.807) is 11.3 Å². The number of rotatable bonds is 7. The first-order chi connectivity index (χ1) is 11.0. The summed E-state index contributed by atoms with van der Waals surface area (Å²) in [5, 5.41) is 5.86. The van der Waals surface area contributed by atoms with Crippen LogP contribution < -0.4 is 11.1 Å². The van der Waals surface area contributed by atoms with Gasteiger partial charge in [0.25, 0.3) is 0 Å². The van der Waals surface area contributed by atoms with Crippen LogP contribution in [0.4, 0.5) is 0 Å². The van der Waals surface area contributed by atoms with E-state index in [1.165, 1.54) is 0 Å². The van der Waals surface area contributed by atoms with Gasteiger partial charge in [-0.05, 0) is 24.5 Å². The molecule has 0 aliphatic heterocycles. The summed E-state index contributed by atoms with van der Waals surface area (Å²) >= 11 is 5.01. The summed E-state index contributed by atoms with van der Waals surface area (Å²) in [6.07, 6.45) is 1.18. The highest BCUT2D eigenvalue weighted by atomic mass is 79.9. The number of hydrogen-bond acceptors (Lipinski definition) is 4. The van der Waals surface area contributed by atoms with Crippen LogP contribution in [0.15, 0.2) is 34.1 Å². The van der Waals surface area contributed by atoms with Crippen molar-refractivity contribution < 1.29 is 4.79 Å². The summed E-state index contributed by atoms with van der Waals surface area (Å²) in [6.45, 7) is 4.71. The summed E-state index contributed by atoms with van der Waals surface area (Å²) in [5.74, 6) is 0.485. The van der Waals surface area contributed by atoms with Gasteiger partial charge < -0.3 is 11.1 Å².